The monoisotopic (exact) mass is 321 g/mol. The number of halogens is 1. The third-order valence-corrected chi connectivity index (χ3v) is 4.99. The van der Waals surface area contributed by atoms with Crippen LogP contribution in [0.4, 0.5) is 4.79 Å². The maximum absolute atomic E-state index is 12.2. The number of hydrogen-bond acceptors (Lipinski definition) is 2. The summed E-state index contributed by atoms with van der Waals surface area (Å²) in [4.78, 5) is 14.7. The molecule has 1 saturated carbocycles. The molecule has 0 aromatic heterocycles. The minimum absolute atomic E-state index is 0.0970. The van der Waals surface area contributed by atoms with Gasteiger partial charge in [0.25, 0.3) is 0 Å². The normalized spacial score (nSPS) is 21.4. The summed E-state index contributed by atoms with van der Waals surface area (Å²) < 4.78 is 0. The van der Waals surface area contributed by atoms with E-state index in [0.717, 1.165) is 37.5 Å². The molecular formula is C17H24ClN3O. The number of nitrogens with zero attached hydrogens (tertiary/aromatic N) is 1. The minimum atomic E-state index is -0.0997. The van der Waals surface area contributed by atoms with Crippen molar-refractivity contribution < 1.29 is 4.79 Å². The van der Waals surface area contributed by atoms with E-state index in [1.165, 1.54) is 12.8 Å². The van der Waals surface area contributed by atoms with Crippen LogP contribution < -0.4 is 10.6 Å². The van der Waals surface area contributed by atoms with E-state index >= 15 is 0 Å². The first-order valence-corrected chi connectivity index (χ1v) is 8.57. The van der Waals surface area contributed by atoms with Crippen molar-refractivity contribution in [2.45, 2.75) is 50.7 Å². The van der Waals surface area contributed by atoms with Crippen LogP contribution in [-0.2, 0) is 0 Å². The van der Waals surface area contributed by atoms with Crippen molar-refractivity contribution in [3.8, 4) is 0 Å². The molecule has 0 radical (unpaired) electrons. The summed E-state index contributed by atoms with van der Waals surface area (Å²) in [6.45, 7) is 4.17. The van der Waals surface area contributed by atoms with Crippen molar-refractivity contribution in [2.24, 2.45) is 0 Å². The molecule has 120 valence electrons. The highest BCUT2D eigenvalue weighted by molar-refractivity contribution is 6.31. The molecule has 1 aliphatic heterocycles. The second-order valence-corrected chi connectivity index (χ2v) is 6.81. The van der Waals surface area contributed by atoms with Crippen LogP contribution in [0.5, 0.6) is 0 Å². The Labute approximate surface area is 137 Å². The van der Waals surface area contributed by atoms with Gasteiger partial charge >= 0.3 is 6.03 Å². The molecule has 2 fully saturated rings. The van der Waals surface area contributed by atoms with Crippen molar-refractivity contribution in [2.75, 3.05) is 13.1 Å². The SMILES string of the molecule is CC(NC(=O)NC1CCN(C2CC2)CC1)c1ccccc1Cl. The number of piperidine rings is 1. The molecule has 22 heavy (non-hydrogen) atoms. The third-order valence-electron chi connectivity index (χ3n) is 4.65. The molecule has 0 spiro atoms. The smallest absolute Gasteiger partial charge is 0.315 e. The molecule has 4 nitrogen and oxygen atoms in total. The van der Waals surface area contributed by atoms with Gasteiger partial charge in [0, 0.05) is 30.2 Å². The lowest BCUT2D eigenvalue weighted by Gasteiger charge is -2.32. The lowest BCUT2D eigenvalue weighted by molar-refractivity contribution is 0.185. The summed E-state index contributed by atoms with van der Waals surface area (Å²) in [5, 5.41) is 6.77. The Morgan fingerprint density at radius 1 is 1.23 bits per heavy atom. The quantitative estimate of drug-likeness (QED) is 0.893. The van der Waals surface area contributed by atoms with E-state index in [-0.39, 0.29) is 18.1 Å². The zero-order valence-electron chi connectivity index (χ0n) is 13.0. The van der Waals surface area contributed by atoms with Crippen molar-refractivity contribution >= 4 is 17.6 Å². The van der Waals surface area contributed by atoms with Gasteiger partial charge in [-0.25, -0.2) is 4.79 Å². The van der Waals surface area contributed by atoms with E-state index in [9.17, 15) is 4.79 Å². The Morgan fingerprint density at radius 2 is 1.91 bits per heavy atom. The van der Waals surface area contributed by atoms with Gasteiger partial charge in [-0.05, 0) is 44.2 Å². The van der Waals surface area contributed by atoms with Gasteiger partial charge in [-0.3, -0.25) is 0 Å². The summed E-state index contributed by atoms with van der Waals surface area (Å²) in [6.07, 6.45) is 4.80. The van der Waals surface area contributed by atoms with Gasteiger partial charge in [-0.1, -0.05) is 29.8 Å². The molecule has 2 aliphatic rings. The number of urea groups is 1. The van der Waals surface area contributed by atoms with Crippen molar-refractivity contribution in [1.29, 1.82) is 0 Å². The number of rotatable bonds is 4. The molecule has 1 aliphatic carbocycles. The summed E-state index contributed by atoms with van der Waals surface area (Å²) >= 11 is 6.17. The first kappa shape index (κ1) is 15.6. The zero-order chi connectivity index (χ0) is 15.5. The van der Waals surface area contributed by atoms with Crippen LogP contribution in [0.3, 0.4) is 0 Å². The van der Waals surface area contributed by atoms with Crippen molar-refractivity contribution in [1.82, 2.24) is 15.5 Å². The largest absolute Gasteiger partial charge is 0.335 e. The summed E-state index contributed by atoms with van der Waals surface area (Å²) in [5.74, 6) is 0. The van der Waals surface area contributed by atoms with E-state index in [4.69, 9.17) is 11.6 Å². The average molecular weight is 322 g/mol. The van der Waals surface area contributed by atoms with E-state index in [2.05, 4.69) is 15.5 Å². The Hall–Kier alpha value is -1.26. The number of carbonyl (C=O) groups is 1. The van der Waals surface area contributed by atoms with Crippen LogP contribution in [0.25, 0.3) is 0 Å². The first-order chi connectivity index (χ1) is 10.6. The predicted molar refractivity (Wildman–Crippen MR) is 89.2 cm³/mol. The fourth-order valence-corrected chi connectivity index (χ4v) is 3.48. The lowest BCUT2D eigenvalue weighted by atomic mass is 10.1. The molecule has 1 aromatic carbocycles. The molecule has 1 aromatic rings. The topological polar surface area (TPSA) is 44.4 Å². The second kappa shape index (κ2) is 6.88. The van der Waals surface area contributed by atoms with Gasteiger partial charge in [-0.2, -0.15) is 0 Å². The highest BCUT2D eigenvalue weighted by Gasteiger charge is 2.32. The fourth-order valence-electron chi connectivity index (χ4n) is 3.18. The van der Waals surface area contributed by atoms with Crippen LogP contribution in [-0.4, -0.2) is 36.1 Å². The molecule has 1 unspecified atom stereocenters. The van der Waals surface area contributed by atoms with Gasteiger partial charge in [-0.15, -0.1) is 0 Å². The Kier molecular flexibility index (Phi) is 4.89. The summed E-state index contributed by atoms with van der Waals surface area (Å²) in [6, 6.07) is 8.54. The number of amides is 2. The van der Waals surface area contributed by atoms with E-state index < -0.39 is 0 Å². The number of hydrogen-bond donors (Lipinski definition) is 2. The third kappa shape index (κ3) is 3.93. The maximum atomic E-state index is 12.2. The van der Waals surface area contributed by atoms with Gasteiger partial charge in [0.05, 0.1) is 6.04 Å². The van der Waals surface area contributed by atoms with E-state index in [0.29, 0.717) is 5.02 Å². The highest BCUT2D eigenvalue weighted by Crippen LogP contribution is 2.29. The van der Waals surface area contributed by atoms with E-state index in [1.54, 1.807) is 0 Å². The summed E-state index contributed by atoms with van der Waals surface area (Å²) in [5.41, 5.74) is 0.947. The second-order valence-electron chi connectivity index (χ2n) is 6.40. The van der Waals surface area contributed by atoms with Crippen LogP contribution in [0.1, 0.15) is 44.2 Å². The number of benzene rings is 1. The number of nitrogens with one attached hydrogen (secondary N) is 2. The molecule has 2 N–H and O–H groups in total. The Morgan fingerprint density at radius 3 is 2.55 bits per heavy atom. The first-order valence-electron chi connectivity index (χ1n) is 8.19. The van der Waals surface area contributed by atoms with Gasteiger partial charge in [0.1, 0.15) is 0 Å². The van der Waals surface area contributed by atoms with Crippen LogP contribution in [0, 0.1) is 0 Å². The number of carbonyl (C=O) groups excluding carboxylic acids is 1. The maximum Gasteiger partial charge on any atom is 0.315 e. The summed E-state index contributed by atoms with van der Waals surface area (Å²) in [7, 11) is 0. The molecule has 1 heterocycles. The average Bonchev–Trinajstić information content (AvgIpc) is 3.33. The number of likely N-dealkylation sites (tertiary alicyclic amines) is 1. The Bertz CT molecular complexity index is 524. The van der Waals surface area contributed by atoms with Gasteiger partial charge in [0.2, 0.25) is 0 Å². The van der Waals surface area contributed by atoms with Gasteiger partial charge in [0.15, 0.2) is 0 Å². The standard InChI is InChI=1S/C17H24ClN3O/c1-12(15-4-2-3-5-16(15)18)19-17(22)20-13-8-10-21(11-9-13)14-6-7-14/h2-5,12-14H,6-11H2,1H3,(H2,19,20,22). The molecule has 3 rings (SSSR count). The van der Waals surface area contributed by atoms with E-state index in [1.807, 2.05) is 31.2 Å². The highest BCUT2D eigenvalue weighted by atomic mass is 35.5. The lowest BCUT2D eigenvalue weighted by Crippen LogP contribution is -2.48. The van der Waals surface area contributed by atoms with Crippen molar-refractivity contribution in [3.05, 3.63) is 34.9 Å². The Balaban J connectivity index is 1.45. The zero-order valence-corrected chi connectivity index (χ0v) is 13.8. The molecule has 0 bridgehead atoms. The molecule has 1 saturated heterocycles. The van der Waals surface area contributed by atoms with Crippen LogP contribution in [0.15, 0.2) is 24.3 Å². The molecule has 1 atom stereocenters. The molecule has 5 heteroatoms. The van der Waals surface area contributed by atoms with Crippen LogP contribution in [0.2, 0.25) is 5.02 Å². The van der Waals surface area contributed by atoms with Crippen LogP contribution >= 0.6 is 11.6 Å². The minimum Gasteiger partial charge on any atom is -0.335 e. The molecule has 2 amide bonds. The predicted octanol–water partition coefficient (Wildman–Crippen LogP) is 3.33. The fraction of sp³-hybridized carbons (Fsp3) is 0.588. The van der Waals surface area contributed by atoms with Crippen molar-refractivity contribution in [3.63, 3.8) is 0 Å². The molecular weight excluding hydrogens is 298 g/mol. The van der Waals surface area contributed by atoms with Gasteiger partial charge < -0.3 is 15.5 Å².